The van der Waals surface area contributed by atoms with Crippen molar-refractivity contribution >= 4 is 39.4 Å². The number of hydrogen-bond acceptors (Lipinski definition) is 10. The molecule has 18 heteroatoms. The third-order valence-electron chi connectivity index (χ3n) is 14.0. The number of benzene rings is 2. The third-order valence-corrected chi connectivity index (χ3v) is 14.0. The Bertz CT molecular complexity index is 3260. The summed E-state index contributed by atoms with van der Waals surface area (Å²) in [7, 11) is 0. The molecular formula is C47H47F2N11O5. The Morgan fingerprint density at radius 2 is 1.74 bits per heavy atom. The molecule has 3 fully saturated rings. The molecule has 0 spiro atoms. The van der Waals surface area contributed by atoms with Crippen molar-refractivity contribution in [3.63, 3.8) is 0 Å². The number of carbonyl (C=O) groups excluding carboxylic acids is 1. The first-order chi connectivity index (χ1) is 31.3. The summed E-state index contributed by atoms with van der Waals surface area (Å²) in [5, 5.41) is 9.61. The van der Waals surface area contributed by atoms with Crippen LogP contribution < -0.4 is 17.2 Å². The molecule has 3 unspecified atom stereocenters. The second-order valence-corrected chi connectivity index (χ2v) is 18.1. The predicted octanol–water partition coefficient (Wildman–Crippen LogP) is 6.65. The number of nitrogens with one attached hydrogen (secondary N) is 1. The zero-order valence-electron chi connectivity index (χ0n) is 36.3. The first-order valence-electron chi connectivity index (χ1n) is 22.1. The topological polar surface area (TPSA) is 189 Å². The van der Waals surface area contributed by atoms with Crippen LogP contribution in [0.3, 0.4) is 0 Å². The number of carbonyl (C=O) groups is 1. The number of hydrogen-bond donors (Lipinski definition) is 2. The second-order valence-electron chi connectivity index (χ2n) is 18.1. The number of rotatable bonds is 8. The lowest BCUT2D eigenvalue weighted by Crippen LogP contribution is -2.49. The Hall–Kier alpha value is -6.95. The summed E-state index contributed by atoms with van der Waals surface area (Å²) in [5.74, 6) is -1.44. The fourth-order valence-electron chi connectivity index (χ4n) is 10.2. The van der Waals surface area contributed by atoms with Gasteiger partial charge >= 0.3 is 11.4 Å². The molecule has 11 rings (SSSR count). The minimum absolute atomic E-state index is 0.0259. The van der Waals surface area contributed by atoms with E-state index in [9.17, 15) is 14.0 Å². The number of nitrogens with zero attached hydrogens (tertiary/aromatic N) is 9. The molecular weight excluding hydrogens is 837 g/mol. The Balaban J connectivity index is 1.03. The lowest BCUT2D eigenvalue weighted by atomic mass is 9.92. The van der Waals surface area contributed by atoms with Crippen LogP contribution in [0, 0.1) is 31.4 Å². The van der Waals surface area contributed by atoms with Gasteiger partial charge in [-0.05, 0) is 118 Å². The van der Waals surface area contributed by atoms with Gasteiger partial charge in [0, 0.05) is 61.4 Å². The molecule has 1 amide bonds. The normalized spacial score (nSPS) is 21.9. The molecule has 334 valence electrons. The van der Waals surface area contributed by atoms with Crippen molar-refractivity contribution in [1.82, 2.24) is 43.5 Å². The fourth-order valence-corrected chi connectivity index (χ4v) is 10.2. The number of halogens is 2. The number of pyridine rings is 1. The van der Waals surface area contributed by atoms with Crippen molar-refractivity contribution in [2.24, 2.45) is 16.6 Å². The Kier molecular flexibility index (Phi) is 9.46. The number of amides is 1. The molecule has 3 atom stereocenters. The zero-order chi connectivity index (χ0) is 45.1. The van der Waals surface area contributed by atoms with Gasteiger partial charge in [-0.2, -0.15) is 5.10 Å². The molecule has 0 bridgehead atoms. The summed E-state index contributed by atoms with van der Waals surface area (Å²) in [4.78, 5) is 56.9. The third kappa shape index (κ3) is 6.50. The molecule has 65 heavy (non-hydrogen) atoms. The first-order valence-corrected chi connectivity index (χ1v) is 22.1. The highest BCUT2D eigenvalue weighted by atomic mass is 19.1. The lowest BCUT2D eigenvalue weighted by molar-refractivity contribution is 0.0696. The van der Waals surface area contributed by atoms with Gasteiger partial charge in [-0.25, -0.2) is 28.3 Å². The lowest BCUT2D eigenvalue weighted by Gasteiger charge is -2.37. The van der Waals surface area contributed by atoms with E-state index in [1.165, 1.54) is 27.7 Å². The van der Waals surface area contributed by atoms with Crippen LogP contribution in [0.25, 0.3) is 27.6 Å². The first kappa shape index (κ1) is 40.8. The van der Waals surface area contributed by atoms with E-state index in [-0.39, 0.29) is 54.1 Å². The number of fused-ring (bicyclic) bond motifs is 2. The molecule has 2 aliphatic carbocycles. The molecule has 7 aromatic rings. The van der Waals surface area contributed by atoms with E-state index in [0.717, 1.165) is 36.6 Å². The van der Waals surface area contributed by atoms with Crippen LogP contribution in [0.15, 0.2) is 91.6 Å². The highest BCUT2D eigenvalue weighted by molar-refractivity contribution is 6.05. The van der Waals surface area contributed by atoms with Crippen LogP contribution >= 0.6 is 0 Å². The molecule has 16 nitrogen and oxygen atoms in total. The summed E-state index contributed by atoms with van der Waals surface area (Å²) in [6.07, 6.45) is 10.7. The number of aliphatic imine (C=N–C) groups is 1. The largest absolute Gasteiger partial charge is 0.438 e. The van der Waals surface area contributed by atoms with Crippen LogP contribution in [-0.4, -0.2) is 81.0 Å². The van der Waals surface area contributed by atoms with Gasteiger partial charge in [0.15, 0.2) is 11.6 Å². The highest BCUT2D eigenvalue weighted by Crippen LogP contribution is 2.56. The average Bonchev–Trinajstić information content (AvgIpc) is 3.97. The molecule has 7 heterocycles. The summed E-state index contributed by atoms with van der Waals surface area (Å²) < 4.78 is 48.2. The van der Waals surface area contributed by atoms with E-state index in [0.29, 0.717) is 75.8 Å². The summed E-state index contributed by atoms with van der Waals surface area (Å²) in [6.45, 7) is 8.64. The van der Waals surface area contributed by atoms with E-state index in [1.807, 2.05) is 35.4 Å². The second kappa shape index (κ2) is 15.1. The van der Waals surface area contributed by atoms with Gasteiger partial charge in [0.05, 0.1) is 40.6 Å². The van der Waals surface area contributed by atoms with E-state index in [2.05, 4.69) is 21.3 Å². The van der Waals surface area contributed by atoms with Gasteiger partial charge in [-0.3, -0.25) is 28.1 Å². The number of imidazole rings is 1. The Labute approximate surface area is 370 Å². The molecule has 0 radical (unpaired) electrons. The summed E-state index contributed by atoms with van der Waals surface area (Å²) in [5.41, 5.74) is 9.79. The minimum Gasteiger partial charge on any atom is -0.402 e. The number of H-pyrrole nitrogens is 1. The van der Waals surface area contributed by atoms with Gasteiger partial charge in [0.25, 0.3) is 5.91 Å². The molecule has 2 saturated carbocycles. The van der Waals surface area contributed by atoms with Gasteiger partial charge in [-0.15, -0.1) is 0 Å². The van der Waals surface area contributed by atoms with Gasteiger partial charge in [0.1, 0.15) is 28.5 Å². The quantitative estimate of drug-likeness (QED) is 0.124. The SMILES string of the molecule is Cc1cc(N=C(C2=C(N)CCN(C(=O)c3cc4cc(C5CCOCC5)cnc4n3C3(c4noc(=O)[nH]4)CC3C)C2C)n2ccn(-c3ccc4c(cnn4C4CC4)c3F)c2=O)cc(C)c1F. The van der Waals surface area contributed by atoms with Crippen LogP contribution in [0.4, 0.5) is 14.5 Å². The molecule has 3 N–H and O–H groups in total. The van der Waals surface area contributed by atoms with Crippen molar-refractivity contribution in [3.05, 3.63) is 133 Å². The molecule has 2 aromatic carbocycles. The smallest absolute Gasteiger partial charge is 0.402 e. The Morgan fingerprint density at radius 1 is 0.985 bits per heavy atom. The Morgan fingerprint density at radius 3 is 2.43 bits per heavy atom. The molecule has 4 aliphatic rings. The monoisotopic (exact) mass is 883 g/mol. The summed E-state index contributed by atoms with van der Waals surface area (Å²) >= 11 is 0. The van der Waals surface area contributed by atoms with Crippen molar-refractivity contribution < 1.29 is 22.8 Å². The van der Waals surface area contributed by atoms with E-state index >= 15 is 9.18 Å². The van der Waals surface area contributed by atoms with Gasteiger partial charge in [0.2, 0.25) is 0 Å². The van der Waals surface area contributed by atoms with Crippen molar-refractivity contribution in [2.75, 3.05) is 19.8 Å². The van der Waals surface area contributed by atoms with Crippen LogP contribution in [0.2, 0.25) is 0 Å². The van der Waals surface area contributed by atoms with Crippen LogP contribution in [0.5, 0.6) is 0 Å². The standard InChI is InChI=1S/C47H47F2N11O5/c1-24-17-31(18-25(2)39(24)48)53-42(58-14-13-57(46(58)63)36-8-7-35-33(40(36)49)23-52-60(35)32-5-6-32)38-27(4)56(12-9-34(38)50)43(61)37-20-29-19-30(28-10-15-64-16-11-28)22-51-41(29)59(37)47(21-26(47)3)44-54-45(62)65-55-44/h7-8,13-14,17-20,22-23,26-28,32H,5-6,9-12,15-16,21,50H2,1-4H3,(H,54,55,62). The van der Waals surface area contributed by atoms with E-state index in [1.54, 1.807) is 43.0 Å². The van der Waals surface area contributed by atoms with Gasteiger partial charge in [-0.1, -0.05) is 12.1 Å². The number of aromatic amines is 1. The van der Waals surface area contributed by atoms with Crippen molar-refractivity contribution in [1.29, 1.82) is 0 Å². The average molecular weight is 884 g/mol. The molecule has 1 saturated heterocycles. The number of ether oxygens (including phenoxy) is 1. The maximum atomic E-state index is 16.3. The van der Waals surface area contributed by atoms with Crippen molar-refractivity contribution in [3.8, 4) is 5.69 Å². The maximum absolute atomic E-state index is 16.3. The number of aryl methyl sites for hydroxylation is 2. The number of aromatic nitrogens is 8. The maximum Gasteiger partial charge on any atom is 0.438 e. The van der Waals surface area contributed by atoms with Gasteiger partial charge < -0.3 is 19.9 Å². The van der Waals surface area contributed by atoms with Crippen LogP contribution in [-0.2, 0) is 10.3 Å². The van der Waals surface area contributed by atoms with Crippen molar-refractivity contribution in [2.45, 2.75) is 89.8 Å². The highest BCUT2D eigenvalue weighted by Gasteiger charge is 2.59. The van der Waals surface area contributed by atoms with Crippen LogP contribution in [0.1, 0.15) is 97.3 Å². The van der Waals surface area contributed by atoms with E-state index < -0.39 is 28.8 Å². The minimum atomic E-state index is -0.932. The zero-order valence-corrected chi connectivity index (χ0v) is 36.3. The van der Waals surface area contributed by atoms with E-state index in [4.69, 9.17) is 25.0 Å². The predicted molar refractivity (Wildman–Crippen MR) is 237 cm³/mol. The molecule has 5 aromatic heterocycles. The molecule has 2 aliphatic heterocycles. The summed E-state index contributed by atoms with van der Waals surface area (Å²) in [6, 6.07) is 9.86. The fraction of sp³-hybridized carbons (Fsp3) is 0.383. The number of nitrogens with two attached hydrogens (primary N) is 1.